The quantitative estimate of drug-likeness (QED) is 0.783. The molecule has 2 aromatic rings. The summed E-state index contributed by atoms with van der Waals surface area (Å²) >= 11 is 0. The molecule has 0 bridgehead atoms. The molecule has 0 radical (unpaired) electrons. The van der Waals surface area contributed by atoms with Gasteiger partial charge in [-0.25, -0.2) is 0 Å². The molecule has 2 aromatic carbocycles. The predicted octanol–water partition coefficient (Wildman–Crippen LogP) is 3.39. The summed E-state index contributed by atoms with van der Waals surface area (Å²) in [4.78, 5) is 14.4. The molecular weight excluding hydrogens is 274 g/mol. The van der Waals surface area contributed by atoms with Crippen LogP contribution in [0, 0.1) is 0 Å². The average Bonchev–Trinajstić information content (AvgIpc) is 3.39. The number of carbonyl (C=O) groups is 1. The van der Waals surface area contributed by atoms with Crippen molar-refractivity contribution in [2.45, 2.75) is 32.0 Å². The van der Waals surface area contributed by atoms with Crippen LogP contribution in [0.15, 0.2) is 60.7 Å². The van der Waals surface area contributed by atoms with Gasteiger partial charge in [0.15, 0.2) is 0 Å². The summed E-state index contributed by atoms with van der Waals surface area (Å²) in [5.41, 5.74) is 2.27. The van der Waals surface area contributed by atoms with E-state index in [9.17, 15) is 4.79 Å². The Morgan fingerprint density at radius 3 is 2.14 bits per heavy atom. The highest BCUT2D eigenvalue weighted by atomic mass is 16.5. The number of benzene rings is 2. The summed E-state index contributed by atoms with van der Waals surface area (Å²) in [5.74, 6) is 0.0854. The summed E-state index contributed by atoms with van der Waals surface area (Å²) in [6, 6.07) is 20.5. The van der Waals surface area contributed by atoms with E-state index < -0.39 is 0 Å². The lowest BCUT2D eigenvalue weighted by atomic mass is 10.2. The van der Waals surface area contributed by atoms with Crippen LogP contribution in [0.1, 0.15) is 24.0 Å². The first-order valence-electron chi connectivity index (χ1n) is 7.78. The van der Waals surface area contributed by atoms with E-state index >= 15 is 0 Å². The lowest BCUT2D eigenvalue weighted by Crippen LogP contribution is -2.35. The molecule has 0 unspecified atom stereocenters. The van der Waals surface area contributed by atoms with E-state index in [2.05, 4.69) is 12.1 Å². The van der Waals surface area contributed by atoms with Gasteiger partial charge in [-0.05, 0) is 24.0 Å². The predicted molar refractivity (Wildman–Crippen MR) is 86.1 cm³/mol. The number of carbonyl (C=O) groups excluding carboxylic acids is 1. The Bertz CT molecular complexity index is 593. The molecule has 0 heterocycles. The first-order valence-corrected chi connectivity index (χ1v) is 7.78. The monoisotopic (exact) mass is 295 g/mol. The molecule has 1 aliphatic carbocycles. The molecular formula is C19H21NO2. The highest BCUT2D eigenvalue weighted by molar-refractivity contribution is 5.78. The van der Waals surface area contributed by atoms with Gasteiger partial charge < -0.3 is 9.64 Å². The van der Waals surface area contributed by atoms with Crippen LogP contribution in [0.5, 0.6) is 0 Å². The Morgan fingerprint density at radius 2 is 1.55 bits per heavy atom. The van der Waals surface area contributed by atoms with Crippen LogP contribution < -0.4 is 0 Å². The molecule has 0 atom stereocenters. The normalized spacial score (nSPS) is 13.8. The second kappa shape index (κ2) is 7.23. The first kappa shape index (κ1) is 14.8. The van der Waals surface area contributed by atoms with Crippen molar-refractivity contribution in [3.8, 4) is 0 Å². The Balaban J connectivity index is 1.52. The molecule has 1 amide bonds. The summed E-state index contributed by atoms with van der Waals surface area (Å²) in [5, 5.41) is 0. The Kier molecular flexibility index (Phi) is 4.86. The van der Waals surface area contributed by atoms with Gasteiger partial charge in [-0.1, -0.05) is 60.7 Å². The maximum absolute atomic E-state index is 12.4. The number of nitrogens with zero attached hydrogens (tertiary/aromatic N) is 1. The molecule has 1 saturated carbocycles. The summed E-state index contributed by atoms with van der Waals surface area (Å²) in [7, 11) is 0. The molecule has 1 aliphatic rings. The molecule has 0 N–H and O–H groups in total. The van der Waals surface area contributed by atoms with Crippen LogP contribution in [0.2, 0.25) is 0 Å². The molecule has 3 heteroatoms. The highest BCUT2D eigenvalue weighted by Gasteiger charge is 2.32. The number of amides is 1. The van der Waals surface area contributed by atoms with Gasteiger partial charge in [0.1, 0.15) is 6.61 Å². The second-order valence-corrected chi connectivity index (χ2v) is 5.72. The lowest BCUT2D eigenvalue weighted by molar-refractivity contribution is -0.137. The molecule has 0 spiro atoms. The van der Waals surface area contributed by atoms with E-state index in [1.54, 1.807) is 0 Å². The van der Waals surface area contributed by atoms with Crippen molar-refractivity contribution in [1.82, 2.24) is 4.90 Å². The smallest absolute Gasteiger partial charge is 0.249 e. The van der Waals surface area contributed by atoms with E-state index in [0.717, 1.165) is 18.4 Å². The van der Waals surface area contributed by atoms with E-state index in [1.807, 2.05) is 53.4 Å². The summed E-state index contributed by atoms with van der Waals surface area (Å²) in [6.45, 7) is 1.31. The first-order chi connectivity index (χ1) is 10.8. The van der Waals surface area contributed by atoms with Crippen molar-refractivity contribution in [3.05, 3.63) is 71.8 Å². The van der Waals surface area contributed by atoms with E-state index in [0.29, 0.717) is 19.2 Å². The fourth-order valence-electron chi connectivity index (χ4n) is 2.50. The van der Waals surface area contributed by atoms with Crippen molar-refractivity contribution in [2.24, 2.45) is 0 Å². The van der Waals surface area contributed by atoms with Crippen LogP contribution in [0.3, 0.4) is 0 Å². The van der Waals surface area contributed by atoms with E-state index in [-0.39, 0.29) is 12.5 Å². The van der Waals surface area contributed by atoms with Gasteiger partial charge in [-0.2, -0.15) is 0 Å². The third-order valence-corrected chi connectivity index (χ3v) is 3.84. The zero-order valence-electron chi connectivity index (χ0n) is 12.7. The molecule has 0 aliphatic heterocycles. The van der Waals surface area contributed by atoms with Crippen LogP contribution >= 0.6 is 0 Å². The van der Waals surface area contributed by atoms with Gasteiger partial charge in [0.05, 0.1) is 6.61 Å². The van der Waals surface area contributed by atoms with Crippen molar-refractivity contribution >= 4 is 5.91 Å². The molecule has 0 saturated heterocycles. The molecule has 0 aromatic heterocycles. The summed E-state index contributed by atoms with van der Waals surface area (Å²) < 4.78 is 5.59. The Morgan fingerprint density at radius 1 is 0.955 bits per heavy atom. The molecule has 1 fully saturated rings. The van der Waals surface area contributed by atoms with Gasteiger partial charge in [0, 0.05) is 12.6 Å². The van der Waals surface area contributed by atoms with Crippen molar-refractivity contribution < 1.29 is 9.53 Å². The van der Waals surface area contributed by atoms with Gasteiger partial charge in [-0.3, -0.25) is 4.79 Å². The Hall–Kier alpha value is -2.13. The highest BCUT2D eigenvalue weighted by Crippen LogP contribution is 2.28. The van der Waals surface area contributed by atoms with Crippen molar-refractivity contribution in [2.75, 3.05) is 6.61 Å². The topological polar surface area (TPSA) is 29.5 Å². The lowest BCUT2D eigenvalue weighted by Gasteiger charge is -2.22. The van der Waals surface area contributed by atoms with E-state index in [4.69, 9.17) is 4.74 Å². The third-order valence-electron chi connectivity index (χ3n) is 3.84. The maximum atomic E-state index is 12.4. The third kappa shape index (κ3) is 4.18. The number of hydrogen-bond acceptors (Lipinski definition) is 2. The fraction of sp³-hybridized carbons (Fsp3) is 0.316. The largest absolute Gasteiger partial charge is 0.367 e. The molecule has 3 nitrogen and oxygen atoms in total. The van der Waals surface area contributed by atoms with Crippen LogP contribution in [0.25, 0.3) is 0 Å². The van der Waals surface area contributed by atoms with Gasteiger partial charge >= 0.3 is 0 Å². The number of ether oxygens (including phenoxy) is 1. The van der Waals surface area contributed by atoms with Crippen LogP contribution in [0.4, 0.5) is 0 Å². The molecule has 3 rings (SSSR count). The van der Waals surface area contributed by atoms with Crippen molar-refractivity contribution in [3.63, 3.8) is 0 Å². The second-order valence-electron chi connectivity index (χ2n) is 5.72. The molecule has 22 heavy (non-hydrogen) atoms. The molecule has 114 valence electrons. The van der Waals surface area contributed by atoms with Crippen LogP contribution in [-0.4, -0.2) is 23.5 Å². The zero-order chi connectivity index (χ0) is 15.2. The minimum Gasteiger partial charge on any atom is -0.367 e. The number of rotatable bonds is 7. The average molecular weight is 295 g/mol. The van der Waals surface area contributed by atoms with Crippen LogP contribution in [-0.2, 0) is 22.7 Å². The standard InChI is InChI=1S/C19H21NO2/c21-19(15-22-14-17-9-5-2-6-10-17)20(18-11-12-18)13-16-7-3-1-4-8-16/h1-10,18H,11-15H2. The van der Waals surface area contributed by atoms with Gasteiger partial charge in [0.2, 0.25) is 5.91 Å². The SMILES string of the molecule is O=C(COCc1ccccc1)N(Cc1ccccc1)C1CC1. The summed E-state index contributed by atoms with van der Waals surface area (Å²) in [6.07, 6.45) is 2.22. The maximum Gasteiger partial charge on any atom is 0.249 e. The van der Waals surface area contributed by atoms with E-state index in [1.165, 1.54) is 5.56 Å². The van der Waals surface area contributed by atoms with Gasteiger partial charge in [0.25, 0.3) is 0 Å². The Labute approximate surface area is 131 Å². The minimum atomic E-state index is 0.0854. The fourth-order valence-corrected chi connectivity index (χ4v) is 2.50. The zero-order valence-corrected chi connectivity index (χ0v) is 12.7. The van der Waals surface area contributed by atoms with Gasteiger partial charge in [-0.15, -0.1) is 0 Å². The van der Waals surface area contributed by atoms with Crippen molar-refractivity contribution in [1.29, 1.82) is 0 Å². The number of hydrogen-bond donors (Lipinski definition) is 0. The minimum absolute atomic E-state index is 0.0854.